The van der Waals surface area contributed by atoms with Crippen molar-refractivity contribution in [2.24, 2.45) is 0 Å². The van der Waals surface area contributed by atoms with Crippen molar-refractivity contribution in [3.63, 3.8) is 0 Å². The molecule has 0 bridgehead atoms. The van der Waals surface area contributed by atoms with Crippen molar-refractivity contribution in [1.82, 2.24) is 19.1 Å². The highest BCUT2D eigenvalue weighted by Crippen LogP contribution is 2.24. The molecule has 0 amide bonds. The molecule has 2 heterocycles. The lowest BCUT2D eigenvalue weighted by molar-refractivity contribution is 0.939. The molecule has 0 unspecified atom stereocenters. The fraction of sp³-hybridized carbons (Fsp3) is 0. The highest BCUT2D eigenvalue weighted by atomic mass is 35.5. The maximum Gasteiger partial charge on any atom is 0.266 e. The second-order valence-electron chi connectivity index (χ2n) is 8.61. The molecule has 0 aliphatic rings. The second kappa shape index (κ2) is 9.49. The van der Waals surface area contributed by atoms with Crippen LogP contribution in [-0.4, -0.2) is 19.1 Å². The van der Waals surface area contributed by atoms with Crippen LogP contribution in [0.2, 0.25) is 10.0 Å². The lowest BCUT2D eigenvalue weighted by Crippen LogP contribution is -2.20. The minimum absolute atomic E-state index is 0.225. The van der Waals surface area contributed by atoms with E-state index in [4.69, 9.17) is 47.6 Å². The number of fused-ring (bicyclic) bond motifs is 2. The molecule has 0 aliphatic carbocycles. The van der Waals surface area contributed by atoms with E-state index in [0.717, 1.165) is 11.1 Å². The summed E-state index contributed by atoms with van der Waals surface area (Å²) in [7, 11) is 0. The highest BCUT2D eigenvalue weighted by Gasteiger charge is 2.11. The molecule has 6 aromatic rings. The zero-order valence-corrected chi connectivity index (χ0v) is 22.5. The normalized spacial score (nSPS) is 11.3. The lowest BCUT2D eigenvalue weighted by Gasteiger charge is -2.11. The number of hydrogen-bond acceptors (Lipinski definition) is 4. The molecule has 0 fully saturated rings. The van der Waals surface area contributed by atoms with E-state index in [0.29, 0.717) is 43.2 Å². The van der Waals surface area contributed by atoms with Crippen molar-refractivity contribution >= 4 is 69.4 Å². The monoisotopic (exact) mass is 574 g/mol. The summed E-state index contributed by atoms with van der Waals surface area (Å²) in [6.07, 6.45) is 0. The first-order valence-corrected chi connectivity index (χ1v) is 13.0. The summed E-state index contributed by atoms with van der Waals surface area (Å²) in [6.45, 7) is 0. The standard InChI is InChI=1S/C28H16Cl2N4O2S2/c29-17-5-11-21-23(13-17)31-27(37)33(25(21)35)19-7-1-15(2-8-19)16-3-9-20(10-4-16)34-26(36)22-12-6-18(30)14-24(22)32-28(34)38/h1-14H,(H,31,37)(H,32,38). The van der Waals surface area contributed by atoms with Crippen LogP contribution in [0.25, 0.3) is 44.3 Å². The van der Waals surface area contributed by atoms with Gasteiger partial charge in [0.2, 0.25) is 0 Å². The van der Waals surface area contributed by atoms with Crippen molar-refractivity contribution in [3.05, 3.63) is 125 Å². The van der Waals surface area contributed by atoms with Crippen molar-refractivity contribution in [3.8, 4) is 22.5 Å². The van der Waals surface area contributed by atoms with Crippen molar-refractivity contribution < 1.29 is 0 Å². The molecule has 0 radical (unpaired) electrons. The van der Waals surface area contributed by atoms with E-state index in [1.165, 1.54) is 9.13 Å². The molecule has 0 spiro atoms. The largest absolute Gasteiger partial charge is 0.331 e. The first kappa shape index (κ1) is 24.5. The Bertz CT molecular complexity index is 1970. The quantitative estimate of drug-likeness (QED) is 0.216. The number of H-pyrrole nitrogens is 2. The molecule has 186 valence electrons. The molecule has 2 N–H and O–H groups in total. The van der Waals surface area contributed by atoms with Gasteiger partial charge in [0.05, 0.1) is 33.2 Å². The van der Waals surface area contributed by atoms with E-state index in [1.807, 2.05) is 48.5 Å². The van der Waals surface area contributed by atoms with Crippen molar-refractivity contribution in [1.29, 1.82) is 0 Å². The van der Waals surface area contributed by atoms with E-state index >= 15 is 0 Å². The Morgan fingerprint density at radius 1 is 0.553 bits per heavy atom. The predicted octanol–water partition coefficient (Wildman–Crippen LogP) is 7.38. The van der Waals surface area contributed by atoms with E-state index in [2.05, 4.69) is 9.97 Å². The molecule has 2 aromatic heterocycles. The van der Waals surface area contributed by atoms with Gasteiger partial charge in [0.15, 0.2) is 9.54 Å². The van der Waals surface area contributed by atoms with Gasteiger partial charge in [-0.3, -0.25) is 18.7 Å². The van der Waals surface area contributed by atoms with E-state index < -0.39 is 0 Å². The van der Waals surface area contributed by atoms with Gasteiger partial charge in [-0.25, -0.2) is 0 Å². The van der Waals surface area contributed by atoms with Crippen LogP contribution < -0.4 is 11.1 Å². The molecular weight excluding hydrogens is 559 g/mol. The molecule has 0 aliphatic heterocycles. The topological polar surface area (TPSA) is 75.6 Å². The summed E-state index contributed by atoms with van der Waals surface area (Å²) in [6, 6.07) is 25.1. The Kier molecular flexibility index (Phi) is 6.12. The number of aromatic amines is 2. The number of benzene rings is 4. The highest BCUT2D eigenvalue weighted by molar-refractivity contribution is 7.71. The summed E-state index contributed by atoms with van der Waals surface area (Å²) in [4.78, 5) is 32.4. The van der Waals surface area contributed by atoms with Crippen LogP contribution >= 0.6 is 47.6 Å². The van der Waals surface area contributed by atoms with Gasteiger partial charge in [-0.15, -0.1) is 0 Å². The molecule has 0 saturated heterocycles. The molecule has 0 atom stereocenters. The molecule has 4 aromatic carbocycles. The van der Waals surface area contributed by atoms with Gasteiger partial charge in [0, 0.05) is 10.0 Å². The molecule has 6 rings (SSSR count). The zero-order chi connectivity index (χ0) is 26.6. The van der Waals surface area contributed by atoms with Crippen molar-refractivity contribution in [2.45, 2.75) is 0 Å². The lowest BCUT2D eigenvalue weighted by atomic mass is 10.0. The minimum atomic E-state index is -0.225. The van der Waals surface area contributed by atoms with Gasteiger partial charge in [-0.2, -0.15) is 0 Å². The zero-order valence-electron chi connectivity index (χ0n) is 19.4. The van der Waals surface area contributed by atoms with Gasteiger partial charge in [0.25, 0.3) is 11.1 Å². The molecule has 6 nitrogen and oxygen atoms in total. The number of nitrogens with zero attached hydrogens (tertiary/aromatic N) is 2. The summed E-state index contributed by atoms with van der Waals surface area (Å²) in [5.41, 5.74) is 3.88. The number of nitrogens with one attached hydrogen (secondary N) is 2. The van der Waals surface area contributed by atoms with Crippen LogP contribution in [-0.2, 0) is 0 Å². The number of hydrogen-bond donors (Lipinski definition) is 2. The van der Waals surface area contributed by atoms with Crippen LogP contribution in [0.3, 0.4) is 0 Å². The van der Waals surface area contributed by atoms with Crippen LogP contribution in [0, 0.1) is 9.54 Å². The maximum absolute atomic E-state index is 13.1. The van der Waals surface area contributed by atoms with Crippen LogP contribution in [0.4, 0.5) is 0 Å². The van der Waals surface area contributed by atoms with Crippen LogP contribution in [0.1, 0.15) is 0 Å². The first-order chi connectivity index (χ1) is 18.3. The Balaban J connectivity index is 1.36. The molecular formula is C28H16Cl2N4O2S2. The van der Waals surface area contributed by atoms with E-state index in [9.17, 15) is 9.59 Å². The Hall–Kier alpha value is -3.82. The fourth-order valence-corrected chi connectivity index (χ4v) is 5.40. The third-order valence-corrected chi connectivity index (χ3v) is 7.34. The summed E-state index contributed by atoms with van der Waals surface area (Å²) >= 11 is 23.0. The Morgan fingerprint density at radius 3 is 1.29 bits per heavy atom. The Labute approximate surface area is 235 Å². The van der Waals surface area contributed by atoms with Gasteiger partial charge >= 0.3 is 0 Å². The van der Waals surface area contributed by atoms with Crippen LogP contribution in [0.15, 0.2) is 94.5 Å². The van der Waals surface area contributed by atoms with E-state index in [-0.39, 0.29) is 20.7 Å². The van der Waals surface area contributed by atoms with E-state index in [1.54, 1.807) is 36.4 Å². The van der Waals surface area contributed by atoms with Gasteiger partial charge < -0.3 is 9.97 Å². The smallest absolute Gasteiger partial charge is 0.266 e. The average molecular weight is 576 g/mol. The fourth-order valence-electron chi connectivity index (χ4n) is 4.46. The average Bonchev–Trinajstić information content (AvgIpc) is 2.89. The van der Waals surface area contributed by atoms with Gasteiger partial charge in [-0.05, 0) is 96.2 Å². The third-order valence-electron chi connectivity index (χ3n) is 6.30. The molecule has 0 saturated carbocycles. The number of aromatic nitrogens is 4. The van der Waals surface area contributed by atoms with Gasteiger partial charge in [-0.1, -0.05) is 47.5 Å². The second-order valence-corrected chi connectivity index (χ2v) is 10.3. The summed E-state index contributed by atoms with van der Waals surface area (Å²) in [5, 5.41) is 2.03. The van der Waals surface area contributed by atoms with Crippen LogP contribution in [0.5, 0.6) is 0 Å². The predicted molar refractivity (Wildman–Crippen MR) is 158 cm³/mol. The molecule has 10 heteroatoms. The number of rotatable bonds is 3. The number of halogens is 2. The third kappa shape index (κ3) is 4.21. The SMILES string of the molecule is O=c1c2ccc(Cl)cc2[nH]c(=S)n1-c1ccc(-c2ccc(-n3c(=S)[nH]c4cc(Cl)ccc4c3=O)cc2)cc1. The van der Waals surface area contributed by atoms with Gasteiger partial charge in [0.1, 0.15) is 0 Å². The Morgan fingerprint density at radius 2 is 0.921 bits per heavy atom. The minimum Gasteiger partial charge on any atom is -0.331 e. The maximum atomic E-state index is 13.1. The first-order valence-electron chi connectivity index (χ1n) is 11.4. The molecule has 38 heavy (non-hydrogen) atoms. The summed E-state index contributed by atoms with van der Waals surface area (Å²) < 4.78 is 3.47. The van der Waals surface area contributed by atoms with Crippen molar-refractivity contribution in [2.75, 3.05) is 0 Å². The summed E-state index contributed by atoms with van der Waals surface area (Å²) in [5.74, 6) is 0.